The summed E-state index contributed by atoms with van der Waals surface area (Å²) in [6, 6.07) is -0.157. The molecular weight excluding hydrogens is 160 g/mol. The van der Waals surface area contributed by atoms with E-state index in [-0.39, 0.29) is 6.03 Å². The number of nitrogens with one attached hydrogen (secondary N) is 2. The van der Waals surface area contributed by atoms with Crippen molar-refractivity contribution in [1.82, 2.24) is 10.6 Å². The van der Waals surface area contributed by atoms with Gasteiger partial charge in [0.2, 0.25) is 0 Å². The topological polar surface area (TPSA) is 100 Å². The van der Waals surface area contributed by atoms with Crippen molar-refractivity contribution in [2.75, 3.05) is 28.3 Å². The van der Waals surface area contributed by atoms with E-state index in [0.29, 0.717) is 0 Å². The van der Waals surface area contributed by atoms with E-state index in [0.717, 1.165) is 0 Å². The van der Waals surface area contributed by atoms with Crippen LogP contribution < -0.4 is 16.4 Å². The van der Waals surface area contributed by atoms with Crippen molar-refractivity contribution in [3.63, 3.8) is 0 Å². The summed E-state index contributed by atoms with van der Waals surface area (Å²) in [6.07, 6.45) is 1.43. The Morgan fingerprint density at radius 1 is 1.42 bits per heavy atom. The Bertz CT molecular complexity index is 115. The van der Waals surface area contributed by atoms with Crippen molar-refractivity contribution in [3.05, 3.63) is 0 Å². The number of ether oxygens (including phenoxy) is 1. The molecule has 6 heteroatoms. The maximum absolute atomic E-state index is 9.96. The van der Waals surface area contributed by atoms with Gasteiger partial charge in [-0.2, -0.15) is 5.26 Å². The van der Waals surface area contributed by atoms with E-state index in [1.165, 1.54) is 20.4 Å². The summed E-state index contributed by atoms with van der Waals surface area (Å²) in [5.41, 5.74) is 4.50. The minimum Gasteiger partial charge on any atom is -0.431 e. The van der Waals surface area contributed by atoms with Crippen LogP contribution in [0, 0.1) is 11.5 Å². The predicted octanol–water partition coefficient (Wildman–Crippen LogP) is -0.766. The molecule has 0 fully saturated rings. The third kappa shape index (κ3) is 38.9. The third-order valence-electron chi connectivity index (χ3n) is 0.545. The molecule has 0 heterocycles. The molecule has 0 aromatic carbocycles. The Labute approximate surface area is 72.7 Å². The number of amides is 2. The fraction of sp³-hybridized carbons (Fsp3) is 0.667. The maximum Gasteiger partial charge on any atom is 0.314 e. The molecule has 0 spiro atoms. The Hall–Kier alpha value is -1.48. The third-order valence-corrected chi connectivity index (χ3v) is 0.545. The van der Waals surface area contributed by atoms with E-state index in [1.54, 1.807) is 14.1 Å². The van der Waals surface area contributed by atoms with Crippen LogP contribution in [0.5, 0.6) is 0 Å². The zero-order valence-electron chi connectivity index (χ0n) is 7.84. The van der Waals surface area contributed by atoms with Gasteiger partial charge < -0.3 is 21.1 Å². The molecule has 0 radical (unpaired) electrons. The van der Waals surface area contributed by atoms with Crippen LogP contribution >= 0.6 is 0 Å². The van der Waals surface area contributed by atoms with Gasteiger partial charge in [-0.3, -0.25) is 0 Å². The smallest absolute Gasteiger partial charge is 0.314 e. The second kappa shape index (κ2) is 22.7. The summed E-state index contributed by atoms with van der Waals surface area (Å²) in [5, 5.41) is 12.1. The Morgan fingerprint density at radius 2 is 1.67 bits per heavy atom. The first-order valence-electron chi connectivity index (χ1n) is 3.12. The van der Waals surface area contributed by atoms with Crippen LogP contribution in [0.4, 0.5) is 4.79 Å². The first-order valence-corrected chi connectivity index (χ1v) is 3.12. The monoisotopic (exact) mass is 176 g/mol. The van der Waals surface area contributed by atoms with E-state index in [2.05, 4.69) is 21.1 Å². The van der Waals surface area contributed by atoms with Crippen molar-refractivity contribution in [2.45, 2.75) is 0 Å². The Kier molecular flexibility index (Phi) is 31.9. The van der Waals surface area contributed by atoms with Crippen molar-refractivity contribution < 1.29 is 9.53 Å². The highest BCUT2D eigenvalue weighted by molar-refractivity contribution is 5.72. The molecule has 0 aromatic rings. The number of hydrogen-bond acceptors (Lipinski definition) is 4. The number of methoxy groups -OCH3 is 1. The second-order valence-corrected chi connectivity index (χ2v) is 1.12. The van der Waals surface area contributed by atoms with Crippen LogP contribution in [0.15, 0.2) is 0 Å². The first-order chi connectivity index (χ1) is 5.72. The standard InChI is InChI=1S/C3H8N2O.C2H3NO.CH5N/c1-4-3(6)5-2;1-4-2-3;1-2/h1-2H3,(H2,4,5,6);1H3;2H2,1H3. The van der Waals surface area contributed by atoms with Gasteiger partial charge in [-0.05, 0) is 7.05 Å². The molecule has 0 saturated carbocycles. The molecule has 0 unspecified atom stereocenters. The number of hydrogen-bond donors (Lipinski definition) is 3. The summed E-state index contributed by atoms with van der Waals surface area (Å²) in [5.74, 6) is 0. The first kappa shape index (κ1) is 16.9. The highest BCUT2D eigenvalue weighted by atomic mass is 16.5. The van der Waals surface area contributed by atoms with E-state index in [9.17, 15) is 4.79 Å². The lowest BCUT2D eigenvalue weighted by Gasteiger charge is -1.91. The van der Waals surface area contributed by atoms with Crippen LogP contribution in [0.25, 0.3) is 0 Å². The maximum atomic E-state index is 9.96. The Balaban J connectivity index is -0.000000118. The highest BCUT2D eigenvalue weighted by Gasteiger charge is 1.81. The summed E-state index contributed by atoms with van der Waals surface area (Å²) in [7, 11) is 5.96. The summed E-state index contributed by atoms with van der Waals surface area (Å²) in [4.78, 5) is 9.96. The number of urea groups is 1. The molecule has 0 aliphatic rings. The fourth-order valence-corrected chi connectivity index (χ4v) is 0.125. The van der Waals surface area contributed by atoms with Crippen molar-refractivity contribution >= 4 is 6.03 Å². The lowest BCUT2D eigenvalue weighted by molar-refractivity contribution is 0.245. The van der Waals surface area contributed by atoms with Gasteiger partial charge >= 0.3 is 6.03 Å². The highest BCUT2D eigenvalue weighted by Crippen LogP contribution is 1.48. The number of carbonyl (C=O) groups is 1. The average molecular weight is 176 g/mol. The normalized spacial score (nSPS) is 5.33. The van der Waals surface area contributed by atoms with Crippen LogP contribution in [0.1, 0.15) is 0 Å². The van der Waals surface area contributed by atoms with Gasteiger partial charge in [0.1, 0.15) is 0 Å². The summed E-state index contributed by atoms with van der Waals surface area (Å²) in [6.45, 7) is 0. The average Bonchev–Trinajstić information content (AvgIpc) is 2.20. The van der Waals surface area contributed by atoms with Crippen LogP contribution in [-0.2, 0) is 4.74 Å². The quantitative estimate of drug-likeness (QED) is 0.422. The van der Waals surface area contributed by atoms with E-state index in [1.807, 2.05) is 0 Å². The minimum atomic E-state index is -0.157. The Morgan fingerprint density at radius 3 is 1.67 bits per heavy atom. The van der Waals surface area contributed by atoms with Gasteiger partial charge in [0.05, 0.1) is 7.11 Å². The lowest BCUT2D eigenvalue weighted by Crippen LogP contribution is -2.28. The zero-order chi connectivity index (χ0) is 10.4. The lowest BCUT2D eigenvalue weighted by atomic mass is 11.0. The van der Waals surface area contributed by atoms with Crippen LogP contribution in [0.3, 0.4) is 0 Å². The molecule has 0 bridgehead atoms. The van der Waals surface area contributed by atoms with E-state index >= 15 is 0 Å². The number of rotatable bonds is 0. The van der Waals surface area contributed by atoms with Gasteiger partial charge in [0.15, 0.2) is 0 Å². The molecule has 6 nitrogen and oxygen atoms in total. The molecule has 0 saturated heterocycles. The SMILES string of the molecule is CN.CNC(=O)NC.COC#N. The molecule has 4 N–H and O–H groups in total. The number of nitriles is 1. The van der Waals surface area contributed by atoms with Crippen LogP contribution in [0.2, 0.25) is 0 Å². The van der Waals surface area contributed by atoms with E-state index < -0.39 is 0 Å². The molecule has 0 aromatic heterocycles. The largest absolute Gasteiger partial charge is 0.431 e. The van der Waals surface area contributed by atoms with Gasteiger partial charge in [-0.15, -0.1) is 0 Å². The summed E-state index contributed by atoms with van der Waals surface area (Å²) >= 11 is 0. The molecule has 2 amide bonds. The van der Waals surface area contributed by atoms with Crippen molar-refractivity contribution in [2.24, 2.45) is 5.73 Å². The van der Waals surface area contributed by atoms with Crippen molar-refractivity contribution in [3.8, 4) is 6.26 Å². The van der Waals surface area contributed by atoms with Gasteiger partial charge in [0.25, 0.3) is 6.26 Å². The van der Waals surface area contributed by atoms with Gasteiger partial charge in [0, 0.05) is 14.1 Å². The fourth-order valence-electron chi connectivity index (χ4n) is 0.125. The molecule has 0 aliphatic heterocycles. The van der Waals surface area contributed by atoms with Crippen LogP contribution in [-0.4, -0.2) is 34.3 Å². The second-order valence-electron chi connectivity index (χ2n) is 1.12. The molecule has 12 heavy (non-hydrogen) atoms. The zero-order valence-corrected chi connectivity index (χ0v) is 7.84. The van der Waals surface area contributed by atoms with Gasteiger partial charge in [-0.25, -0.2) is 4.79 Å². The summed E-state index contributed by atoms with van der Waals surface area (Å²) < 4.78 is 3.85. The molecule has 72 valence electrons. The molecule has 0 aliphatic carbocycles. The molecular formula is C6H16N4O2. The molecule has 0 rings (SSSR count). The minimum absolute atomic E-state index is 0.157. The number of nitrogens with two attached hydrogens (primary N) is 1. The molecule has 0 atom stereocenters. The van der Waals surface area contributed by atoms with Gasteiger partial charge in [-0.1, -0.05) is 0 Å². The number of nitrogens with zero attached hydrogens (tertiary/aromatic N) is 1. The van der Waals surface area contributed by atoms with E-state index in [4.69, 9.17) is 5.26 Å². The number of carbonyl (C=O) groups excluding carboxylic acids is 1. The van der Waals surface area contributed by atoms with Crippen molar-refractivity contribution in [1.29, 1.82) is 5.26 Å². The predicted molar refractivity (Wildman–Crippen MR) is 46.2 cm³/mol.